The van der Waals surface area contributed by atoms with Gasteiger partial charge in [0.05, 0.1) is 12.8 Å². The summed E-state index contributed by atoms with van der Waals surface area (Å²) >= 11 is 1.86. The van der Waals surface area contributed by atoms with Crippen molar-refractivity contribution in [3.8, 4) is 5.75 Å². The highest BCUT2D eigenvalue weighted by Gasteiger charge is 2.01. The van der Waals surface area contributed by atoms with E-state index < -0.39 is 0 Å². The first-order valence-corrected chi connectivity index (χ1v) is 6.32. The summed E-state index contributed by atoms with van der Waals surface area (Å²) < 4.78 is 5.17. The van der Waals surface area contributed by atoms with E-state index >= 15 is 0 Å². The number of unbranched alkanes of at least 4 members (excludes halogenated alkanes) is 2. The number of anilines is 1. The Hall–Kier alpha value is -0.830. The molecular formula is C12H19NOS. The van der Waals surface area contributed by atoms with Gasteiger partial charge in [0.25, 0.3) is 0 Å². The molecule has 1 aromatic carbocycles. The fourth-order valence-corrected chi connectivity index (χ4v) is 2.26. The largest absolute Gasteiger partial charge is 0.495 e. The third-order valence-corrected chi connectivity index (χ3v) is 3.30. The van der Waals surface area contributed by atoms with Gasteiger partial charge in [-0.1, -0.05) is 19.8 Å². The molecule has 0 aliphatic heterocycles. The van der Waals surface area contributed by atoms with Crippen molar-refractivity contribution in [2.45, 2.75) is 31.1 Å². The van der Waals surface area contributed by atoms with E-state index in [4.69, 9.17) is 10.5 Å². The predicted molar refractivity (Wildman–Crippen MR) is 67.7 cm³/mol. The van der Waals surface area contributed by atoms with E-state index in [1.54, 1.807) is 7.11 Å². The maximum Gasteiger partial charge on any atom is 0.142 e. The zero-order chi connectivity index (χ0) is 11.1. The first kappa shape index (κ1) is 12.2. The number of ether oxygens (including phenoxy) is 1. The summed E-state index contributed by atoms with van der Waals surface area (Å²) in [6.07, 6.45) is 3.85. The summed E-state index contributed by atoms with van der Waals surface area (Å²) in [5.41, 5.74) is 6.45. The van der Waals surface area contributed by atoms with Crippen molar-refractivity contribution < 1.29 is 4.74 Å². The molecule has 1 rings (SSSR count). The van der Waals surface area contributed by atoms with Crippen LogP contribution in [0.25, 0.3) is 0 Å². The smallest absolute Gasteiger partial charge is 0.142 e. The van der Waals surface area contributed by atoms with Gasteiger partial charge in [0, 0.05) is 4.90 Å². The summed E-state index contributed by atoms with van der Waals surface area (Å²) in [7, 11) is 1.65. The molecular weight excluding hydrogens is 206 g/mol. The van der Waals surface area contributed by atoms with Crippen LogP contribution >= 0.6 is 11.8 Å². The summed E-state index contributed by atoms with van der Waals surface area (Å²) in [6, 6.07) is 5.96. The number of methoxy groups -OCH3 is 1. The van der Waals surface area contributed by atoms with Crippen LogP contribution in [0.3, 0.4) is 0 Å². The Morgan fingerprint density at radius 1 is 1.33 bits per heavy atom. The number of hydrogen-bond donors (Lipinski definition) is 1. The molecule has 0 unspecified atom stereocenters. The van der Waals surface area contributed by atoms with Crippen LogP contribution in [-0.4, -0.2) is 12.9 Å². The van der Waals surface area contributed by atoms with E-state index in [9.17, 15) is 0 Å². The number of rotatable bonds is 6. The lowest BCUT2D eigenvalue weighted by Gasteiger charge is -2.06. The lowest BCUT2D eigenvalue weighted by Crippen LogP contribution is -1.92. The number of nitrogens with two attached hydrogens (primary N) is 1. The van der Waals surface area contributed by atoms with Crippen LogP contribution in [0.4, 0.5) is 5.69 Å². The zero-order valence-electron chi connectivity index (χ0n) is 9.45. The van der Waals surface area contributed by atoms with Gasteiger partial charge < -0.3 is 10.5 Å². The van der Waals surface area contributed by atoms with E-state index in [1.165, 1.54) is 29.9 Å². The first-order valence-electron chi connectivity index (χ1n) is 5.34. The lowest BCUT2D eigenvalue weighted by molar-refractivity contribution is 0.416. The van der Waals surface area contributed by atoms with Crippen LogP contribution in [0, 0.1) is 0 Å². The minimum absolute atomic E-state index is 0.704. The van der Waals surface area contributed by atoms with Crippen LogP contribution < -0.4 is 10.5 Å². The maximum atomic E-state index is 5.74. The van der Waals surface area contributed by atoms with Crippen LogP contribution in [0.15, 0.2) is 23.1 Å². The van der Waals surface area contributed by atoms with Crippen molar-refractivity contribution in [3.63, 3.8) is 0 Å². The summed E-state index contributed by atoms with van der Waals surface area (Å²) in [5.74, 6) is 1.94. The zero-order valence-corrected chi connectivity index (χ0v) is 10.3. The summed E-state index contributed by atoms with van der Waals surface area (Å²) in [6.45, 7) is 2.22. The highest BCUT2D eigenvalue weighted by molar-refractivity contribution is 7.99. The number of hydrogen-bond acceptors (Lipinski definition) is 3. The van der Waals surface area contributed by atoms with Gasteiger partial charge in [-0.15, -0.1) is 11.8 Å². The van der Waals surface area contributed by atoms with E-state index in [0.29, 0.717) is 5.69 Å². The molecule has 0 heterocycles. The van der Waals surface area contributed by atoms with Crippen LogP contribution in [0.5, 0.6) is 5.75 Å². The molecule has 0 aromatic heterocycles. The molecule has 0 radical (unpaired) electrons. The Bertz CT molecular complexity index is 302. The number of benzene rings is 1. The summed E-state index contributed by atoms with van der Waals surface area (Å²) in [5, 5.41) is 0. The van der Waals surface area contributed by atoms with Gasteiger partial charge in [0.2, 0.25) is 0 Å². The molecule has 2 N–H and O–H groups in total. The van der Waals surface area contributed by atoms with Crippen LogP contribution in [0.1, 0.15) is 26.2 Å². The first-order chi connectivity index (χ1) is 7.27. The molecule has 2 nitrogen and oxygen atoms in total. The Labute approximate surface area is 96.2 Å². The molecule has 3 heteroatoms. The minimum atomic E-state index is 0.704. The predicted octanol–water partition coefficient (Wildman–Crippen LogP) is 3.56. The topological polar surface area (TPSA) is 35.2 Å². The molecule has 0 spiro atoms. The molecule has 15 heavy (non-hydrogen) atoms. The molecule has 0 amide bonds. The van der Waals surface area contributed by atoms with Gasteiger partial charge in [0.1, 0.15) is 5.75 Å². The van der Waals surface area contributed by atoms with Crippen molar-refractivity contribution in [1.82, 2.24) is 0 Å². The molecule has 84 valence electrons. The second kappa shape index (κ2) is 6.62. The van der Waals surface area contributed by atoms with Gasteiger partial charge in [-0.05, 0) is 30.4 Å². The van der Waals surface area contributed by atoms with Gasteiger partial charge in [-0.25, -0.2) is 0 Å². The van der Waals surface area contributed by atoms with Crippen molar-refractivity contribution >= 4 is 17.4 Å². The molecule has 0 fully saturated rings. The Kier molecular flexibility index (Phi) is 5.40. The van der Waals surface area contributed by atoms with E-state index in [2.05, 4.69) is 13.0 Å². The van der Waals surface area contributed by atoms with Crippen LogP contribution in [-0.2, 0) is 0 Å². The Balaban J connectivity index is 2.47. The Morgan fingerprint density at radius 2 is 2.13 bits per heavy atom. The quantitative estimate of drug-likeness (QED) is 0.457. The fourth-order valence-electron chi connectivity index (χ4n) is 1.32. The fraction of sp³-hybridized carbons (Fsp3) is 0.500. The molecule has 1 aromatic rings. The molecule has 0 aliphatic carbocycles. The van der Waals surface area contributed by atoms with Crippen molar-refractivity contribution in [3.05, 3.63) is 18.2 Å². The average molecular weight is 225 g/mol. The highest BCUT2D eigenvalue weighted by atomic mass is 32.2. The van der Waals surface area contributed by atoms with Crippen molar-refractivity contribution in [2.75, 3.05) is 18.6 Å². The third kappa shape index (κ3) is 4.04. The number of nitrogen functional groups attached to an aromatic ring is 1. The molecule has 0 saturated heterocycles. The van der Waals surface area contributed by atoms with E-state index in [1.807, 2.05) is 23.9 Å². The van der Waals surface area contributed by atoms with Gasteiger partial charge in [-0.3, -0.25) is 0 Å². The molecule has 0 bridgehead atoms. The summed E-state index contributed by atoms with van der Waals surface area (Å²) in [4.78, 5) is 1.23. The SMILES string of the molecule is CCCCCSc1ccc(N)c(OC)c1. The van der Waals surface area contributed by atoms with Crippen molar-refractivity contribution in [1.29, 1.82) is 0 Å². The lowest BCUT2D eigenvalue weighted by atomic mass is 10.3. The van der Waals surface area contributed by atoms with Crippen LogP contribution in [0.2, 0.25) is 0 Å². The number of thioether (sulfide) groups is 1. The molecule has 0 aliphatic rings. The standard InChI is InChI=1S/C12H19NOS/c1-3-4-5-8-15-10-6-7-11(13)12(9-10)14-2/h6-7,9H,3-5,8,13H2,1-2H3. The highest BCUT2D eigenvalue weighted by Crippen LogP contribution is 2.28. The minimum Gasteiger partial charge on any atom is -0.495 e. The normalized spacial score (nSPS) is 10.3. The molecule has 0 saturated carbocycles. The van der Waals surface area contributed by atoms with Crippen molar-refractivity contribution in [2.24, 2.45) is 0 Å². The average Bonchev–Trinajstić information content (AvgIpc) is 2.26. The Morgan fingerprint density at radius 3 is 2.80 bits per heavy atom. The third-order valence-electron chi connectivity index (χ3n) is 2.22. The van der Waals surface area contributed by atoms with E-state index in [0.717, 1.165) is 5.75 Å². The molecule has 0 atom stereocenters. The second-order valence-electron chi connectivity index (χ2n) is 3.46. The van der Waals surface area contributed by atoms with Gasteiger partial charge in [-0.2, -0.15) is 0 Å². The van der Waals surface area contributed by atoms with Gasteiger partial charge >= 0.3 is 0 Å². The van der Waals surface area contributed by atoms with E-state index in [-0.39, 0.29) is 0 Å². The monoisotopic (exact) mass is 225 g/mol. The van der Waals surface area contributed by atoms with Gasteiger partial charge in [0.15, 0.2) is 0 Å². The second-order valence-corrected chi connectivity index (χ2v) is 4.63. The maximum absolute atomic E-state index is 5.74.